The predicted octanol–water partition coefficient (Wildman–Crippen LogP) is 4.51. The maximum Gasteiger partial charge on any atom is 0.444 e. The molecule has 4 nitrogen and oxygen atoms in total. The van der Waals surface area contributed by atoms with E-state index in [0.29, 0.717) is 0 Å². The lowest BCUT2D eigenvalue weighted by atomic mass is 10.3. The van der Waals surface area contributed by atoms with E-state index in [1.54, 1.807) is 0 Å². The molecule has 0 aliphatic carbocycles. The van der Waals surface area contributed by atoms with Gasteiger partial charge in [-0.3, -0.25) is 0 Å². The molecule has 0 radical (unpaired) electrons. The first-order valence-corrected chi connectivity index (χ1v) is 15.4. The fourth-order valence-corrected chi connectivity index (χ4v) is 11.0. The molecule has 0 heterocycles. The summed E-state index contributed by atoms with van der Waals surface area (Å²) in [5.74, 6) is 0. The molecule has 0 spiro atoms. The number of hydrogen-bond donors (Lipinski definition) is 0. The molecule has 0 aromatic rings. The molecule has 152 valence electrons. The van der Waals surface area contributed by atoms with Gasteiger partial charge >= 0.3 is 7.82 Å². The van der Waals surface area contributed by atoms with Crippen molar-refractivity contribution in [3.63, 3.8) is 0 Å². The second-order valence-corrected chi connectivity index (χ2v) is 13.7. The van der Waals surface area contributed by atoms with Crippen LogP contribution in [0.4, 0.5) is 0 Å². The highest BCUT2D eigenvalue weighted by Gasteiger charge is 2.26. The van der Waals surface area contributed by atoms with Gasteiger partial charge in [0.25, 0.3) is 0 Å². The van der Waals surface area contributed by atoms with Crippen molar-refractivity contribution in [1.82, 2.24) is 0 Å². The normalized spacial score (nSPS) is 17.4. The molecule has 0 atom stereocenters. The van der Waals surface area contributed by atoms with E-state index in [9.17, 15) is 4.57 Å². The highest BCUT2D eigenvalue weighted by Crippen LogP contribution is 2.49. The van der Waals surface area contributed by atoms with Crippen molar-refractivity contribution < 1.29 is 17.2 Å². The van der Waals surface area contributed by atoms with Crippen molar-refractivity contribution in [3.05, 3.63) is 33.8 Å². The van der Waals surface area contributed by atoms with Gasteiger partial charge in [0.05, 0.1) is 0 Å². The Kier molecular flexibility index (Phi) is 16.0. The van der Waals surface area contributed by atoms with Crippen LogP contribution in [-0.4, -0.2) is 29.3 Å². The molecule has 0 aliphatic heterocycles. The summed E-state index contributed by atoms with van der Waals surface area (Å²) in [5.41, 5.74) is 0. The Morgan fingerprint density at radius 3 is 1.12 bits per heavy atom. The lowest BCUT2D eigenvalue weighted by Gasteiger charge is -2.21. The van der Waals surface area contributed by atoms with Crippen LogP contribution in [0.15, 0.2) is 33.8 Å². The molecule has 0 unspecified atom stereocenters. The first-order valence-electron chi connectivity index (χ1n) is 10.1. The first kappa shape index (κ1) is 26.0. The van der Waals surface area contributed by atoms with Gasteiger partial charge in [0.2, 0.25) is 29.3 Å². The molecular formula is C18H39O4PSi3. The summed E-state index contributed by atoms with van der Waals surface area (Å²) in [6, 6.07) is 0. The maximum absolute atomic E-state index is 13.2. The lowest BCUT2D eigenvalue weighted by molar-refractivity contribution is 0.318. The van der Waals surface area contributed by atoms with Crippen LogP contribution in [0.2, 0.25) is 0 Å². The Bertz CT molecular complexity index is 447. The SMILES string of the molecule is CCC=C(CC)[SiH2]OP(=O)(O[SiH2]C(=CCC)CC)O[SiH2]C(=CCC)CC. The third kappa shape index (κ3) is 11.6. The van der Waals surface area contributed by atoms with Crippen LogP contribution in [0.5, 0.6) is 0 Å². The molecule has 0 aliphatic rings. The fraction of sp³-hybridized carbons (Fsp3) is 0.667. The minimum absolute atomic E-state index is 0.945. The molecule has 0 fully saturated rings. The Morgan fingerprint density at radius 1 is 0.654 bits per heavy atom. The van der Waals surface area contributed by atoms with Gasteiger partial charge in [-0.05, 0) is 38.5 Å². The van der Waals surface area contributed by atoms with Gasteiger partial charge in [-0.2, -0.15) is 0 Å². The van der Waals surface area contributed by atoms with E-state index in [1.165, 1.54) is 15.6 Å². The molecule has 0 bridgehead atoms. The van der Waals surface area contributed by atoms with Crippen molar-refractivity contribution in [2.24, 2.45) is 0 Å². The van der Waals surface area contributed by atoms with E-state index < -0.39 is 37.1 Å². The quantitative estimate of drug-likeness (QED) is 0.281. The highest BCUT2D eigenvalue weighted by atomic mass is 31.2. The summed E-state index contributed by atoms with van der Waals surface area (Å²) in [6.45, 7) is 12.7. The average Bonchev–Trinajstić information content (AvgIpc) is 2.65. The molecule has 0 amide bonds. The van der Waals surface area contributed by atoms with Gasteiger partial charge in [-0.1, -0.05) is 75.4 Å². The zero-order chi connectivity index (χ0) is 19.8. The second kappa shape index (κ2) is 16.0. The smallest absolute Gasteiger partial charge is 0.333 e. The Morgan fingerprint density at radius 2 is 0.923 bits per heavy atom. The number of phosphoric acid groups is 1. The van der Waals surface area contributed by atoms with Crippen molar-refractivity contribution in [2.45, 2.75) is 80.1 Å². The molecule has 0 aromatic carbocycles. The van der Waals surface area contributed by atoms with E-state index in [1.807, 2.05) is 0 Å². The zero-order valence-electron chi connectivity index (χ0n) is 17.7. The van der Waals surface area contributed by atoms with Crippen molar-refractivity contribution in [3.8, 4) is 0 Å². The standard InChI is InChI=1S/C18H39O4PSi3/c1-7-13-16(10-4)24-20-23(19,21-25-17(11-5)14-8-2)22-26-18(12-6)15-9-3/h13-15H,7-12,24-26H2,1-6H3. The molecule has 0 saturated carbocycles. The number of rotatable bonds is 15. The number of hydrogen-bond acceptors (Lipinski definition) is 4. The zero-order valence-corrected chi connectivity index (χ0v) is 22.8. The van der Waals surface area contributed by atoms with Gasteiger partial charge in [0.15, 0.2) is 0 Å². The summed E-state index contributed by atoms with van der Waals surface area (Å²) < 4.78 is 30.9. The molecule has 0 rings (SSSR count). The van der Waals surface area contributed by atoms with E-state index in [0.717, 1.165) is 38.5 Å². The molecule has 0 saturated heterocycles. The first-order chi connectivity index (χ1) is 12.5. The van der Waals surface area contributed by atoms with Gasteiger partial charge in [-0.15, -0.1) is 0 Å². The fourth-order valence-electron chi connectivity index (χ4n) is 2.38. The van der Waals surface area contributed by atoms with Crippen LogP contribution < -0.4 is 0 Å². The third-order valence-corrected chi connectivity index (χ3v) is 12.9. The number of allylic oxidation sites excluding steroid dienone is 6. The third-order valence-electron chi connectivity index (χ3n) is 4.06. The summed E-state index contributed by atoms with van der Waals surface area (Å²) in [7, 11) is -6.61. The topological polar surface area (TPSA) is 44.8 Å². The molecule has 0 N–H and O–H groups in total. The van der Waals surface area contributed by atoms with E-state index >= 15 is 0 Å². The Hall–Kier alpha value is -0.0194. The molecular weight excluding hydrogens is 395 g/mol. The summed E-state index contributed by atoms with van der Waals surface area (Å²) in [4.78, 5) is 0. The monoisotopic (exact) mass is 434 g/mol. The van der Waals surface area contributed by atoms with E-state index in [4.69, 9.17) is 12.6 Å². The van der Waals surface area contributed by atoms with E-state index in [-0.39, 0.29) is 0 Å². The largest absolute Gasteiger partial charge is 0.444 e. The van der Waals surface area contributed by atoms with Gasteiger partial charge < -0.3 is 12.6 Å². The van der Waals surface area contributed by atoms with Gasteiger partial charge in [-0.25, -0.2) is 4.57 Å². The van der Waals surface area contributed by atoms with Crippen LogP contribution in [-0.2, 0) is 17.2 Å². The van der Waals surface area contributed by atoms with Gasteiger partial charge in [0.1, 0.15) is 0 Å². The lowest BCUT2D eigenvalue weighted by Crippen LogP contribution is -2.12. The molecule has 0 aromatic heterocycles. The van der Waals surface area contributed by atoms with Crippen LogP contribution >= 0.6 is 7.82 Å². The summed E-state index contributed by atoms with van der Waals surface area (Å²) in [5, 5.41) is 3.84. The Balaban J connectivity index is 5.11. The van der Waals surface area contributed by atoms with Crippen molar-refractivity contribution in [2.75, 3.05) is 0 Å². The summed E-state index contributed by atoms with van der Waals surface area (Å²) in [6.07, 6.45) is 12.3. The Labute approximate surface area is 168 Å². The minimum atomic E-state index is -3.43. The summed E-state index contributed by atoms with van der Waals surface area (Å²) >= 11 is 0. The molecule has 26 heavy (non-hydrogen) atoms. The molecule has 8 heteroatoms. The average molecular weight is 435 g/mol. The van der Waals surface area contributed by atoms with Crippen LogP contribution in [0.25, 0.3) is 0 Å². The van der Waals surface area contributed by atoms with Crippen LogP contribution in [0, 0.1) is 0 Å². The van der Waals surface area contributed by atoms with E-state index in [2.05, 4.69) is 59.8 Å². The van der Waals surface area contributed by atoms with Crippen molar-refractivity contribution in [1.29, 1.82) is 0 Å². The van der Waals surface area contributed by atoms with Crippen LogP contribution in [0.3, 0.4) is 0 Å². The highest BCUT2D eigenvalue weighted by molar-refractivity contribution is 7.52. The second-order valence-electron chi connectivity index (χ2n) is 6.14. The minimum Gasteiger partial charge on any atom is -0.333 e. The van der Waals surface area contributed by atoms with Crippen molar-refractivity contribution >= 4 is 37.1 Å². The van der Waals surface area contributed by atoms with Crippen LogP contribution in [0.1, 0.15) is 80.1 Å². The van der Waals surface area contributed by atoms with Gasteiger partial charge in [0, 0.05) is 0 Å². The maximum atomic E-state index is 13.2. The predicted molar refractivity (Wildman–Crippen MR) is 122 cm³/mol.